The molecule has 1 unspecified atom stereocenters. The number of hydrogen-bond donors (Lipinski definition) is 0. The molecule has 0 radical (unpaired) electrons. The highest BCUT2D eigenvalue weighted by Crippen LogP contribution is 2.26. The van der Waals surface area contributed by atoms with Crippen molar-refractivity contribution in [2.45, 2.75) is 26.8 Å². The second kappa shape index (κ2) is 5.45. The molecule has 1 fully saturated rings. The predicted molar refractivity (Wildman–Crippen MR) is 72.3 cm³/mol. The van der Waals surface area contributed by atoms with E-state index in [1.54, 1.807) is 25.1 Å². The fourth-order valence-electron chi connectivity index (χ4n) is 2.31. The molecule has 0 spiro atoms. The zero-order valence-corrected chi connectivity index (χ0v) is 11.8. The van der Waals surface area contributed by atoms with E-state index in [4.69, 9.17) is 4.74 Å². The number of methoxy groups -OCH3 is 1. The first kappa shape index (κ1) is 14.2. The first-order valence-corrected chi connectivity index (χ1v) is 6.46. The normalized spacial score (nSPS) is 18.6. The molecule has 1 atom stereocenters. The minimum atomic E-state index is -0.274. The molecule has 2 rings (SSSR count). The van der Waals surface area contributed by atoms with Gasteiger partial charge in [-0.2, -0.15) is 0 Å². The molecule has 1 aromatic carbocycles. The van der Waals surface area contributed by atoms with Crippen molar-refractivity contribution in [3.8, 4) is 5.75 Å². The van der Waals surface area contributed by atoms with Crippen molar-refractivity contribution >= 4 is 17.6 Å². The topological polar surface area (TPSA) is 63.7 Å². The molecule has 1 heterocycles. The standard InChI is InChI=1S/C15H17NO4/c1-9-6-14(18)16(15(9)19)8-12-7-11(10(2)17)4-5-13(12)20-3/h4-5,7,9H,6,8H2,1-3H3. The Kier molecular flexibility index (Phi) is 3.88. The molecule has 1 aliphatic rings. The predicted octanol–water partition coefficient (Wildman–Crippen LogP) is 1.79. The van der Waals surface area contributed by atoms with Crippen molar-refractivity contribution < 1.29 is 19.1 Å². The summed E-state index contributed by atoms with van der Waals surface area (Å²) in [5.41, 5.74) is 1.20. The smallest absolute Gasteiger partial charge is 0.232 e. The SMILES string of the molecule is COc1ccc(C(C)=O)cc1CN1C(=O)CC(C)C1=O. The van der Waals surface area contributed by atoms with Gasteiger partial charge in [0.2, 0.25) is 11.8 Å². The van der Waals surface area contributed by atoms with Crippen molar-refractivity contribution in [1.82, 2.24) is 4.90 Å². The number of likely N-dealkylation sites (tertiary alicyclic amines) is 1. The molecule has 1 aliphatic heterocycles. The molecule has 5 nitrogen and oxygen atoms in total. The maximum absolute atomic E-state index is 11.9. The van der Waals surface area contributed by atoms with Crippen LogP contribution in [0.5, 0.6) is 5.75 Å². The highest BCUT2D eigenvalue weighted by atomic mass is 16.5. The number of imide groups is 1. The number of carbonyl (C=O) groups is 3. The summed E-state index contributed by atoms with van der Waals surface area (Å²) in [6.07, 6.45) is 0.244. The number of nitrogens with zero attached hydrogens (tertiary/aromatic N) is 1. The summed E-state index contributed by atoms with van der Waals surface area (Å²) in [6, 6.07) is 5.02. The molecule has 1 aromatic rings. The molecule has 2 amide bonds. The fraction of sp³-hybridized carbons (Fsp3) is 0.400. The molecule has 20 heavy (non-hydrogen) atoms. The minimum absolute atomic E-state index is 0.0682. The number of ether oxygens (including phenoxy) is 1. The Morgan fingerprint density at radius 3 is 2.60 bits per heavy atom. The molecule has 0 aromatic heterocycles. The summed E-state index contributed by atoms with van der Waals surface area (Å²) in [7, 11) is 1.52. The summed E-state index contributed by atoms with van der Waals surface area (Å²) in [5, 5.41) is 0. The van der Waals surface area contributed by atoms with Gasteiger partial charge >= 0.3 is 0 Å². The molecule has 106 valence electrons. The average Bonchev–Trinajstić information content (AvgIpc) is 2.65. The van der Waals surface area contributed by atoms with Crippen LogP contribution in [0, 0.1) is 5.92 Å². The van der Waals surface area contributed by atoms with Crippen LogP contribution in [0.4, 0.5) is 0 Å². The maximum atomic E-state index is 11.9. The van der Waals surface area contributed by atoms with Gasteiger partial charge in [-0.1, -0.05) is 6.92 Å². The lowest BCUT2D eigenvalue weighted by Gasteiger charge is -2.17. The summed E-state index contributed by atoms with van der Waals surface area (Å²) in [5.74, 6) is -0.135. The lowest BCUT2D eigenvalue weighted by molar-refractivity contribution is -0.139. The van der Waals surface area contributed by atoms with E-state index in [1.807, 2.05) is 0 Å². The van der Waals surface area contributed by atoms with Crippen LogP contribution in [0.3, 0.4) is 0 Å². The molecular weight excluding hydrogens is 258 g/mol. The van der Waals surface area contributed by atoms with Crippen LogP contribution in [0.25, 0.3) is 0 Å². The number of rotatable bonds is 4. The molecule has 0 saturated carbocycles. The third kappa shape index (κ3) is 2.57. The number of ketones is 1. The van der Waals surface area contributed by atoms with Crippen molar-refractivity contribution in [2.24, 2.45) is 5.92 Å². The molecule has 0 bridgehead atoms. The van der Waals surface area contributed by atoms with E-state index < -0.39 is 0 Å². The fourth-order valence-corrected chi connectivity index (χ4v) is 2.31. The maximum Gasteiger partial charge on any atom is 0.232 e. The first-order chi connectivity index (χ1) is 9.43. The van der Waals surface area contributed by atoms with Crippen LogP contribution in [0.1, 0.15) is 36.2 Å². The molecule has 0 aliphatic carbocycles. The Labute approximate surface area is 117 Å². The second-order valence-corrected chi connectivity index (χ2v) is 5.01. The van der Waals surface area contributed by atoms with E-state index in [-0.39, 0.29) is 36.5 Å². The molecular formula is C15H17NO4. The van der Waals surface area contributed by atoms with E-state index >= 15 is 0 Å². The Balaban J connectivity index is 2.32. The van der Waals surface area contributed by atoms with Crippen molar-refractivity contribution in [1.29, 1.82) is 0 Å². The third-order valence-corrected chi connectivity index (χ3v) is 3.48. The van der Waals surface area contributed by atoms with Gasteiger partial charge in [0.25, 0.3) is 0 Å². The van der Waals surface area contributed by atoms with Crippen LogP contribution >= 0.6 is 0 Å². The Morgan fingerprint density at radius 2 is 2.10 bits per heavy atom. The number of Topliss-reactive ketones (excluding diaryl/α,β-unsaturated/α-hetero) is 1. The summed E-state index contributed by atoms with van der Waals surface area (Å²) in [6.45, 7) is 3.36. The lowest BCUT2D eigenvalue weighted by Crippen LogP contribution is -2.29. The van der Waals surface area contributed by atoms with E-state index in [1.165, 1.54) is 18.9 Å². The largest absolute Gasteiger partial charge is 0.496 e. The van der Waals surface area contributed by atoms with Gasteiger partial charge in [-0.15, -0.1) is 0 Å². The van der Waals surface area contributed by atoms with Crippen LogP contribution < -0.4 is 4.74 Å². The Bertz CT molecular complexity index is 579. The van der Waals surface area contributed by atoms with Crippen molar-refractivity contribution in [2.75, 3.05) is 7.11 Å². The third-order valence-electron chi connectivity index (χ3n) is 3.48. The Hall–Kier alpha value is -2.17. The van der Waals surface area contributed by atoms with E-state index in [9.17, 15) is 14.4 Å². The van der Waals surface area contributed by atoms with Gasteiger partial charge in [0, 0.05) is 23.5 Å². The average molecular weight is 275 g/mol. The van der Waals surface area contributed by atoms with Crippen LogP contribution in [-0.2, 0) is 16.1 Å². The molecule has 0 N–H and O–H groups in total. The Morgan fingerprint density at radius 1 is 1.40 bits per heavy atom. The van der Waals surface area contributed by atoms with Gasteiger partial charge < -0.3 is 4.74 Å². The number of hydrogen-bond acceptors (Lipinski definition) is 4. The van der Waals surface area contributed by atoms with E-state index in [0.717, 1.165) is 0 Å². The minimum Gasteiger partial charge on any atom is -0.496 e. The summed E-state index contributed by atoms with van der Waals surface area (Å²) < 4.78 is 5.23. The van der Waals surface area contributed by atoms with Gasteiger partial charge in [0.15, 0.2) is 5.78 Å². The second-order valence-electron chi connectivity index (χ2n) is 5.01. The van der Waals surface area contributed by atoms with Gasteiger partial charge in [0.1, 0.15) is 5.75 Å². The molecule has 5 heteroatoms. The zero-order valence-electron chi connectivity index (χ0n) is 11.8. The zero-order chi connectivity index (χ0) is 14.9. The number of carbonyl (C=O) groups excluding carboxylic acids is 3. The van der Waals surface area contributed by atoms with Crippen molar-refractivity contribution in [3.63, 3.8) is 0 Å². The van der Waals surface area contributed by atoms with E-state index in [0.29, 0.717) is 16.9 Å². The number of amides is 2. The monoisotopic (exact) mass is 275 g/mol. The highest BCUT2D eigenvalue weighted by molar-refractivity contribution is 6.03. The summed E-state index contributed by atoms with van der Waals surface area (Å²) >= 11 is 0. The first-order valence-electron chi connectivity index (χ1n) is 6.46. The van der Waals surface area contributed by atoms with E-state index in [2.05, 4.69) is 0 Å². The lowest BCUT2D eigenvalue weighted by atomic mass is 10.1. The number of benzene rings is 1. The molecule has 1 saturated heterocycles. The summed E-state index contributed by atoms with van der Waals surface area (Å²) in [4.78, 5) is 36.4. The van der Waals surface area contributed by atoms with Crippen LogP contribution in [0.15, 0.2) is 18.2 Å². The van der Waals surface area contributed by atoms with Gasteiger partial charge in [-0.3, -0.25) is 19.3 Å². The van der Waals surface area contributed by atoms with Gasteiger partial charge in [-0.25, -0.2) is 0 Å². The van der Waals surface area contributed by atoms with Gasteiger partial charge in [-0.05, 0) is 25.1 Å². The van der Waals surface area contributed by atoms with Gasteiger partial charge in [0.05, 0.1) is 13.7 Å². The van der Waals surface area contributed by atoms with Crippen LogP contribution in [-0.4, -0.2) is 29.6 Å². The quantitative estimate of drug-likeness (QED) is 0.621. The highest BCUT2D eigenvalue weighted by Gasteiger charge is 2.35. The van der Waals surface area contributed by atoms with Crippen LogP contribution in [0.2, 0.25) is 0 Å². The van der Waals surface area contributed by atoms with Crippen molar-refractivity contribution in [3.05, 3.63) is 29.3 Å².